The maximum absolute atomic E-state index is 4.36. The van der Waals surface area contributed by atoms with Gasteiger partial charge in [-0.25, -0.2) is 9.97 Å². The molecule has 0 spiro atoms. The molecule has 1 aromatic heterocycles. The summed E-state index contributed by atoms with van der Waals surface area (Å²) >= 11 is 0. The van der Waals surface area contributed by atoms with E-state index in [-0.39, 0.29) is 5.54 Å². The summed E-state index contributed by atoms with van der Waals surface area (Å²) in [5.41, 5.74) is 3.51. The molecule has 1 heterocycles. The van der Waals surface area contributed by atoms with Gasteiger partial charge in [0.05, 0.1) is 0 Å². The van der Waals surface area contributed by atoms with E-state index in [1.807, 2.05) is 19.3 Å². The second-order valence-corrected chi connectivity index (χ2v) is 6.32. The van der Waals surface area contributed by atoms with Crippen molar-refractivity contribution in [1.82, 2.24) is 15.3 Å². The van der Waals surface area contributed by atoms with Crippen molar-refractivity contribution >= 4 is 0 Å². The van der Waals surface area contributed by atoms with E-state index in [0.29, 0.717) is 6.04 Å². The summed E-state index contributed by atoms with van der Waals surface area (Å²) in [5, 5.41) is 3.57. The Morgan fingerprint density at radius 3 is 2.05 bits per heavy atom. The van der Waals surface area contributed by atoms with Crippen molar-refractivity contribution < 1.29 is 0 Å². The number of aromatic nitrogens is 2. The minimum atomic E-state index is 0.109. The molecule has 20 heavy (non-hydrogen) atoms. The summed E-state index contributed by atoms with van der Waals surface area (Å²) in [7, 11) is 0. The Balaban J connectivity index is 2.16. The van der Waals surface area contributed by atoms with Gasteiger partial charge in [0.25, 0.3) is 0 Å². The van der Waals surface area contributed by atoms with Crippen LogP contribution in [0.15, 0.2) is 36.7 Å². The quantitative estimate of drug-likeness (QED) is 0.918. The van der Waals surface area contributed by atoms with E-state index in [1.54, 1.807) is 0 Å². The molecule has 0 aliphatic carbocycles. The lowest BCUT2D eigenvalue weighted by atomic mass is 10.0. The minimum absolute atomic E-state index is 0.109. The Morgan fingerprint density at radius 1 is 1.00 bits per heavy atom. The van der Waals surface area contributed by atoms with Gasteiger partial charge in [0, 0.05) is 29.5 Å². The zero-order valence-corrected chi connectivity index (χ0v) is 12.9. The number of aryl methyl sites for hydroxylation is 1. The first-order chi connectivity index (χ1) is 9.35. The first-order valence-corrected chi connectivity index (χ1v) is 7.02. The molecule has 2 rings (SSSR count). The molecule has 1 atom stereocenters. The highest BCUT2D eigenvalue weighted by molar-refractivity contribution is 5.55. The van der Waals surface area contributed by atoms with E-state index in [1.165, 1.54) is 5.56 Å². The normalized spacial score (nSPS) is 13.2. The third-order valence-electron chi connectivity index (χ3n) is 3.10. The van der Waals surface area contributed by atoms with E-state index >= 15 is 0 Å². The average molecular weight is 269 g/mol. The van der Waals surface area contributed by atoms with Gasteiger partial charge in [-0.05, 0) is 45.7 Å². The van der Waals surface area contributed by atoms with E-state index in [0.717, 1.165) is 17.0 Å². The van der Waals surface area contributed by atoms with Crippen LogP contribution in [0.4, 0.5) is 0 Å². The van der Waals surface area contributed by atoms with E-state index in [2.05, 4.69) is 67.2 Å². The molecule has 3 heteroatoms. The van der Waals surface area contributed by atoms with Gasteiger partial charge in [0.1, 0.15) is 0 Å². The van der Waals surface area contributed by atoms with Crippen molar-refractivity contribution in [2.24, 2.45) is 0 Å². The van der Waals surface area contributed by atoms with Crippen LogP contribution >= 0.6 is 0 Å². The molecule has 1 aromatic carbocycles. The van der Waals surface area contributed by atoms with Crippen LogP contribution in [-0.4, -0.2) is 15.5 Å². The Bertz CT molecular complexity index is 550. The van der Waals surface area contributed by atoms with Gasteiger partial charge in [-0.2, -0.15) is 0 Å². The van der Waals surface area contributed by atoms with Crippen molar-refractivity contribution in [2.75, 3.05) is 0 Å². The van der Waals surface area contributed by atoms with Gasteiger partial charge in [-0.1, -0.05) is 24.3 Å². The molecule has 0 fully saturated rings. The summed E-state index contributed by atoms with van der Waals surface area (Å²) < 4.78 is 0. The molecule has 0 saturated heterocycles. The van der Waals surface area contributed by atoms with Gasteiger partial charge in [0.2, 0.25) is 0 Å². The lowest BCUT2D eigenvalue weighted by Crippen LogP contribution is -2.37. The number of hydrogen-bond acceptors (Lipinski definition) is 3. The van der Waals surface area contributed by atoms with Crippen LogP contribution in [0.5, 0.6) is 0 Å². The van der Waals surface area contributed by atoms with E-state index < -0.39 is 0 Å². The molecule has 0 aliphatic heterocycles. The summed E-state index contributed by atoms with van der Waals surface area (Å²) in [6, 6.07) is 8.77. The second-order valence-electron chi connectivity index (χ2n) is 6.32. The van der Waals surface area contributed by atoms with Crippen LogP contribution in [0.3, 0.4) is 0 Å². The third-order valence-corrected chi connectivity index (χ3v) is 3.10. The van der Waals surface area contributed by atoms with Crippen molar-refractivity contribution in [3.8, 4) is 11.4 Å². The van der Waals surface area contributed by atoms with Gasteiger partial charge in [-0.3, -0.25) is 0 Å². The SMILES string of the molecule is Cc1cnc(-c2ccc([C@H](C)NC(C)(C)C)cc2)nc1. The lowest BCUT2D eigenvalue weighted by Gasteiger charge is -2.26. The maximum Gasteiger partial charge on any atom is 0.159 e. The molecule has 0 saturated carbocycles. The number of rotatable bonds is 3. The van der Waals surface area contributed by atoms with Gasteiger partial charge in [-0.15, -0.1) is 0 Å². The first kappa shape index (κ1) is 14.7. The monoisotopic (exact) mass is 269 g/mol. The molecule has 2 aromatic rings. The van der Waals surface area contributed by atoms with E-state index in [9.17, 15) is 0 Å². The number of nitrogens with one attached hydrogen (secondary N) is 1. The highest BCUT2D eigenvalue weighted by Crippen LogP contribution is 2.20. The molecular weight excluding hydrogens is 246 g/mol. The number of nitrogens with zero attached hydrogens (tertiary/aromatic N) is 2. The largest absolute Gasteiger partial charge is 0.306 e. The highest BCUT2D eigenvalue weighted by Gasteiger charge is 2.14. The van der Waals surface area contributed by atoms with Crippen molar-refractivity contribution in [1.29, 1.82) is 0 Å². The fourth-order valence-electron chi connectivity index (χ4n) is 2.20. The molecule has 106 valence electrons. The van der Waals surface area contributed by atoms with Gasteiger partial charge >= 0.3 is 0 Å². The molecule has 0 amide bonds. The summed E-state index contributed by atoms with van der Waals surface area (Å²) in [4.78, 5) is 8.71. The summed E-state index contributed by atoms with van der Waals surface area (Å²) in [6.45, 7) is 10.7. The number of hydrogen-bond donors (Lipinski definition) is 1. The Kier molecular flexibility index (Phi) is 4.19. The smallest absolute Gasteiger partial charge is 0.159 e. The predicted octanol–water partition coefficient (Wildman–Crippen LogP) is 3.90. The van der Waals surface area contributed by atoms with Crippen molar-refractivity contribution in [3.63, 3.8) is 0 Å². The Hall–Kier alpha value is -1.74. The zero-order chi connectivity index (χ0) is 14.8. The zero-order valence-electron chi connectivity index (χ0n) is 12.9. The Labute approximate surface area is 121 Å². The fraction of sp³-hybridized carbons (Fsp3) is 0.412. The Morgan fingerprint density at radius 2 is 1.55 bits per heavy atom. The minimum Gasteiger partial charge on any atom is -0.306 e. The van der Waals surface area contributed by atoms with Crippen LogP contribution in [0.2, 0.25) is 0 Å². The van der Waals surface area contributed by atoms with Gasteiger partial charge < -0.3 is 5.32 Å². The highest BCUT2D eigenvalue weighted by atomic mass is 15.0. The third kappa shape index (κ3) is 3.87. The summed E-state index contributed by atoms with van der Waals surface area (Å²) in [5.74, 6) is 0.776. The number of benzene rings is 1. The molecule has 3 nitrogen and oxygen atoms in total. The van der Waals surface area contributed by atoms with Crippen LogP contribution in [0.25, 0.3) is 11.4 Å². The van der Waals surface area contributed by atoms with E-state index in [4.69, 9.17) is 0 Å². The molecule has 0 radical (unpaired) electrons. The molecule has 1 N–H and O–H groups in total. The predicted molar refractivity (Wildman–Crippen MR) is 83.5 cm³/mol. The molecule has 0 unspecified atom stereocenters. The topological polar surface area (TPSA) is 37.8 Å². The van der Waals surface area contributed by atoms with Gasteiger partial charge in [0.15, 0.2) is 5.82 Å². The van der Waals surface area contributed by atoms with Crippen LogP contribution in [-0.2, 0) is 0 Å². The fourth-order valence-corrected chi connectivity index (χ4v) is 2.20. The summed E-state index contributed by atoms with van der Waals surface area (Å²) in [6.07, 6.45) is 3.69. The second kappa shape index (κ2) is 5.71. The van der Waals surface area contributed by atoms with Crippen LogP contribution < -0.4 is 5.32 Å². The van der Waals surface area contributed by atoms with Crippen LogP contribution in [0, 0.1) is 6.92 Å². The average Bonchev–Trinajstić information content (AvgIpc) is 2.38. The van der Waals surface area contributed by atoms with Crippen molar-refractivity contribution in [2.45, 2.75) is 46.2 Å². The van der Waals surface area contributed by atoms with Crippen LogP contribution in [0.1, 0.15) is 44.9 Å². The first-order valence-electron chi connectivity index (χ1n) is 7.02. The maximum atomic E-state index is 4.36. The molecular formula is C17H23N3. The molecule has 0 bridgehead atoms. The van der Waals surface area contributed by atoms with Crippen molar-refractivity contribution in [3.05, 3.63) is 47.8 Å². The standard InChI is InChI=1S/C17H23N3/c1-12-10-18-16(19-11-12)15-8-6-14(7-9-15)13(2)20-17(3,4)5/h6-11,13,20H,1-5H3/t13-/m0/s1. The molecule has 0 aliphatic rings. The lowest BCUT2D eigenvalue weighted by molar-refractivity contribution is 0.378.